The van der Waals surface area contributed by atoms with Crippen LogP contribution in [0.3, 0.4) is 0 Å². The van der Waals surface area contributed by atoms with Crippen LogP contribution in [-0.4, -0.2) is 44.6 Å². The van der Waals surface area contributed by atoms with E-state index in [-0.39, 0.29) is 17.3 Å². The Labute approximate surface area is 217 Å². The van der Waals surface area contributed by atoms with Gasteiger partial charge in [-0.15, -0.1) is 12.4 Å². The molecule has 0 saturated carbocycles. The summed E-state index contributed by atoms with van der Waals surface area (Å²) >= 11 is 0. The Kier molecular flexibility index (Phi) is 8.04. The van der Waals surface area contributed by atoms with Crippen molar-refractivity contribution in [3.8, 4) is 11.1 Å². The quantitative estimate of drug-likeness (QED) is 0.328. The highest BCUT2D eigenvalue weighted by molar-refractivity contribution is 7.92. The maximum atomic E-state index is 12.9. The van der Waals surface area contributed by atoms with Crippen molar-refractivity contribution in [1.29, 1.82) is 0 Å². The van der Waals surface area contributed by atoms with E-state index in [9.17, 15) is 8.42 Å². The Balaban J connectivity index is 0.00000304. The summed E-state index contributed by atoms with van der Waals surface area (Å²) < 4.78 is 28.4. The lowest BCUT2D eigenvalue weighted by atomic mass is 10.1. The molecule has 3 aromatic carbocycles. The van der Waals surface area contributed by atoms with E-state index < -0.39 is 10.0 Å². The van der Waals surface area contributed by atoms with Crippen molar-refractivity contribution in [3.05, 3.63) is 91.1 Å². The molecule has 0 bridgehead atoms. The lowest BCUT2D eigenvalue weighted by molar-refractivity contribution is 0.580. The van der Waals surface area contributed by atoms with Crippen molar-refractivity contribution in [2.75, 3.05) is 41.1 Å². The second kappa shape index (κ2) is 11.4. The van der Waals surface area contributed by atoms with Gasteiger partial charge in [-0.2, -0.15) is 4.98 Å². The first-order chi connectivity index (χ1) is 17.1. The summed E-state index contributed by atoms with van der Waals surface area (Å²) in [5.41, 5.74) is 3.28. The maximum Gasteiger partial charge on any atom is 0.261 e. The van der Waals surface area contributed by atoms with Gasteiger partial charge in [0.2, 0.25) is 5.95 Å². The molecule has 0 amide bonds. The van der Waals surface area contributed by atoms with E-state index in [4.69, 9.17) is 0 Å². The van der Waals surface area contributed by atoms with Gasteiger partial charge in [-0.3, -0.25) is 4.72 Å². The number of nitrogens with one attached hydrogen (secondary N) is 3. The molecule has 1 aliphatic rings. The fraction of sp³-hybridized carbons (Fsp3) is 0.154. The fourth-order valence-corrected chi connectivity index (χ4v) is 4.93. The van der Waals surface area contributed by atoms with E-state index in [1.165, 1.54) is 0 Å². The van der Waals surface area contributed by atoms with Crippen LogP contribution >= 0.6 is 12.4 Å². The molecule has 1 aromatic heterocycles. The van der Waals surface area contributed by atoms with Gasteiger partial charge in [-0.05, 0) is 53.6 Å². The van der Waals surface area contributed by atoms with Crippen molar-refractivity contribution in [2.24, 2.45) is 0 Å². The largest absolute Gasteiger partial charge is 0.340 e. The molecule has 1 fully saturated rings. The second-order valence-electron chi connectivity index (χ2n) is 8.18. The molecule has 0 radical (unpaired) electrons. The minimum absolute atomic E-state index is 0. The van der Waals surface area contributed by atoms with Gasteiger partial charge in [0.1, 0.15) is 5.82 Å². The van der Waals surface area contributed by atoms with Gasteiger partial charge in [0.05, 0.1) is 4.90 Å². The van der Waals surface area contributed by atoms with Gasteiger partial charge in [0.25, 0.3) is 10.0 Å². The average molecular weight is 523 g/mol. The summed E-state index contributed by atoms with van der Waals surface area (Å²) in [4.78, 5) is 11.3. The number of nitrogens with zero attached hydrogens (tertiary/aromatic N) is 3. The molecule has 2 heterocycles. The van der Waals surface area contributed by atoms with Crippen molar-refractivity contribution < 1.29 is 8.42 Å². The van der Waals surface area contributed by atoms with Crippen molar-refractivity contribution >= 4 is 45.6 Å². The van der Waals surface area contributed by atoms with Gasteiger partial charge in [0, 0.05) is 43.8 Å². The molecule has 4 aromatic rings. The van der Waals surface area contributed by atoms with Gasteiger partial charge in [0.15, 0.2) is 0 Å². The van der Waals surface area contributed by atoms with E-state index >= 15 is 0 Å². The Bertz CT molecular complexity index is 1380. The molecular formula is C26H27ClN6O2S. The summed E-state index contributed by atoms with van der Waals surface area (Å²) in [6.07, 6.45) is 1.73. The SMILES string of the molecule is Cl.O=S(=O)(Nc1ccc(Nc2ccnc(N3CCNCC3)n2)cc1)c1ccc(-c2ccccc2)cc1. The number of sulfonamides is 1. The summed E-state index contributed by atoms with van der Waals surface area (Å²) in [6.45, 7) is 3.56. The lowest BCUT2D eigenvalue weighted by Gasteiger charge is -2.27. The molecule has 0 unspecified atom stereocenters. The zero-order valence-corrected chi connectivity index (χ0v) is 21.1. The Morgan fingerprint density at radius 2 is 1.42 bits per heavy atom. The van der Waals surface area contributed by atoms with Gasteiger partial charge in [-0.25, -0.2) is 13.4 Å². The maximum absolute atomic E-state index is 12.9. The normalized spacial score (nSPS) is 13.5. The molecule has 1 saturated heterocycles. The highest BCUT2D eigenvalue weighted by Gasteiger charge is 2.15. The van der Waals surface area contributed by atoms with Gasteiger partial charge < -0.3 is 15.5 Å². The third-order valence-electron chi connectivity index (χ3n) is 5.72. The predicted molar refractivity (Wildman–Crippen MR) is 147 cm³/mol. The Morgan fingerprint density at radius 3 is 2.11 bits per heavy atom. The number of rotatable bonds is 7. The Hall–Kier alpha value is -3.66. The van der Waals surface area contributed by atoms with Crippen LogP contribution in [0.15, 0.2) is 96.0 Å². The van der Waals surface area contributed by atoms with Gasteiger partial charge in [-0.1, -0.05) is 42.5 Å². The molecule has 8 nitrogen and oxygen atoms in total. The third kappa shape index (κ3) is 6.12. The average Bonchev–Trinajstić information content (AvgIpc) is 2.91. The minimum Gasteiger partial charge on any atom is -0.340 e. The van der Waals surface area contributed by atoms with Crippen LogP contribution in [0.2, 0.25) is 0 Å². The van der Waals surface area contributed by atoms with E-state index in [2.05, 4.69) is 30.2 Å². The highest BCUT2D eigenvalue weighted by atomic mass is 35.5. The summed E-state index contributed by atoms with van der Waals surface area (Å²) in [5.74, 6) is 1.37. The predicted octanol–water partition coefficient (Wildman–Crippen LogP) is 4.52. The number of hydrogen-bond donors (Lipinski definition) is 3. The number of anilines is 4. The first-order valence-electron chi connectivity index (χ1n) is 11.4. The van der Waals surface area contributed by atoms with Crippen LogP contribution in [0.1, 0.15) is 0 Å². The number of halogens is 1. The first-order valence-corrected chi connectivity index (χ1v) is 12.9. The number of aromatic nitrogens is 2. The molecule has 186 valence electrons. The molecule has 0 aliphatic carbocycles. The molecule has 3 N–H and O–H groups in total. The molecule has 36 heavy (non-hydrogen) atoms. The topological polar surface area (TPSA) is 99.2 Å². The van der Waals surface area contributed by atoms with Crippen LogP contribution in [0, 0.1) is 0 Å². The molecular weight excluding hydrogens is 496 g/mol. The third-order valence-corrected chi connectivity index (χ3v) is 7.12. The zero-order chi connectivity index (χ0) is 24.1. The summed E-state index contributed by atoms with van der Waals surface area (Å²) in [7, 11) is -3.70. The Morgan fingerprint density at radius 1 is 0.778 bits per heavy atom. The smallest absolute Gasteiger partial charge is 0.261 e. The van der Waals surface area contributed by atoms with Crippen molar-refractivity contribution in [3.63, 3.8) is 0 Å². The van der Waals surface area contributed by atoms with E-state index in [1.54, 1.807) is 36.5 Å². The standard InChI is InChI=1S/C26H26N6O2S.ClH/c33-35(34,24-12-6-21(7-13-24)20-4-2-1-3-5-20)31-23-10-8-22(9-11-23)29-25-14-15-28-26(30-25)32-18-16-27-17-19-32;/h1-15,27,31H,16-19H2,(H,28,29,30);1H. The highest BCUT2D eigenvalue weighted by Crippen LogP contribution is 2.24. The van der Waals surface area contributed by atoms with E-state index in [1.807, 2.05) is 54.6 Å². The lowest BCUT2D eigenvalue weighted by Crippen LogP contribution is -2.44. The fourth-order valence-electron chi connectivity index (χ4n) is 3.88. The number of piperazine rings is 1. The monoisotopic (exact) mass is 522 g/mol. The summed E-state index contributed by atoms with van der Waals surface area (Å²) in [5, 5.41) is 6.57. The molecule has 0 atom stereocenters. The van der Waals surface area contributed by atoms with Crippen LogP contribution in [-0.2, 0) is 10.0 Å². The van der Waals surface area contributed by atoms with E-state index in [0.29, 0.717) is 17.5 Å². The van der Waals surface area contributed by atoms with Crippen molar-refractivity contribution in [2.45, 2.75) is 4.90 Å². The van der Waals surface area contributed by atoms with Crippen LogP contribution in [0.4, 0.5) is 23.1 Å². The van der Waals surface area contributed by atoms with Crippen LogP contribution < -0.4 is 20.3 Å². The number of benzene rings is 3. The van der Waals surface area contributed by atoms with Crippen LogP contribution in [0.5, 0.6) is 0 Å². The molecule has 0 spiro atoms. The van der Waals surface area contributed by atoms with E-state index in [0.717, 1.165) is 43.0 Å². The first kappa shape index (κ1) is 25.4. The number of hydrogen-bond acceptors (Lipinski definition) is 7. The zero-order valence-electron chi connectivity index (χ0n) is 19.5. The van der Waals surface area contributed by atoms with Gasteiger partial charge >= 0.3 is 0 Å². The minimum atomic E-state index is -3.70. The van der Waals surface area contributed by atoms with Crippen molar-refractivity contribution in [1.82, 2.24) is 15.3 Å². The molecule has 5 rings (SSSR count). The summed E-state index contributed by atoms with van der Waals surface area (Å²) in [6, 6.07) is 25.6. The molecule has 10 heteroatoms. The van der Waals surface area contributed by atoms with Crippen LogP contribution in [0.25, 0.3) is 11.1 Å². The molecule has 1 aliphatic heterocycles. The second-order valence-corrected chi connectivity index (χ2v) is 9.86.